The highest BCUT2D eigenvalue weighted by molar-refractivity contribution is 6.46. The Hall–Kier alpha value is -3.32. The van der Waals surface area contributed by atoms with Gasteiger partial charge >= 0.3 is 0 Å². The lowest BCUT2D eigenvalue weighted by molar-refractivity contribution is -0.140. The SMILES string of the molecule is COCCN1C(=O)C(=O)/C(=C(\O)c2ccc(OCc3ccccc3)c(C)c2)C1c1ccc(Cl)c(Cl)c1. The summed E-state index contributed by atoms with van der Waals surface area (Å²) < 4.78 is 11.1. The molecule has 1 atom stereocenters. The lowest BCUT2D eigenvalue weighted by Crippen LogP contribution is -2.32. The molecule has 3 aromatic rings. The first-order valence-corrected chi connectivity index (χ1v) is 12.1. The van der Waals surface area contributed by atoms with Crippen molar-refractivity contribution in [1.29, 1.82) is 0 Å². The molecule has 1 aliphatic heterocycles. The largest absolute Gasteiger partial charge is 0.507 e. The van der Waals surface area contributed by atoms with E-state index >= 15 is 0 Å². The van der Waals surface area contributed by atoms with Crippen LogP contribution in [0, 0.1) is 6.92 Å². The quantitative estimate of drug-likeness (QED) is 0.223. The van der Waals surface area contributed by atoms with E-state index in [0.717, 1.165) is 11.1 Å². The first-order valence-electron chi connectivity index (χ1n) is 11.3. The molecule has 1 amide bonds. The molecule has 0 aromatic heterocycles. The van der Waals surface area contributed by atoms with Gasteiger partial charge in [-0.05, 0) is 53.9 Å². The summed E-state index contributed by atoms with van der Waals surface area (Å²) in [6.45, 7) is 2.63. The number of hydrogen-bond donors (Lipinski definition) is 1. The molecule has 1 heterocycles. The van der Waals surface area contributed by atoms with Crippen molar-refractivity contribution >= 4 is 40.7 Å². The van der Waals surface area contributed by atoms with Crippen LogP contribution in [0.1, 0.15) is 28.3 Å². The molecule has 1 N–H and O–H groups in total. The van der Waals surface area contributed by atoms with Crippen molar-refractivity contribution in [3.05, 3.63) is 105 Å². The van der Waals surface area contributed by atoms with Crippen molar-refractivity contribution < 1.29 is 24.2 Å². The minimum Gasteiger partial charge on any atom is -0.507 e. The number of amides is 1. The van der Waals surface area contributed by atoms with Crippen LogP contribution in [0.2, 0.25) is 10.0 Å². The van der Waals surface area contributed by atoms with Crippen LogP contribution < -0.4 is 4.74 Å². The number of ketones is 1. The number of rotatable bonds is 8. The minimum atomic E-state index is -0.843. The van der Waals surface area contributed by atoms with Crippen molar-refractivity contribution in [2.45, 2.75) is 19.6 Å². The topological polar surface area (TPSA) is 76.1 Å². The van der Waals surface area contributed by atoms with E-state index in [1.807, 2.05) is 37.3 Å². The highest BCUT2D eigenvalue weighted by Crippen LogP contribution is 2.41. The summed E-state index contributed by atoms with van der Waals surface area (Å²) >= 11 is 12.3. The molecular weight excluding hydrogens is 501 g/mol. The molecule has 186 valence electrons. The maximum absolute atomic E-state index is 13.1. The number of aliphatic hydroxyl groups excluding tert-OH is 1. The van der Waals surface area contributed by atoms with Crippen LogP contribution in [-0.4, -0.2) is 42.0 Å². The molecule has 0 saturated carbocycles. The van der Waals surface area contributed by atoms with E-state index in [4.69, 9.17) is 32.7 Å². The number of ether oxygens (including phenoxy) is 2. The molecule has 1 fully saturated rings. The lowest BCUT2D eigenvalue weighted by Gasteiger charge is -2.25. The normalized spacial score (nSPS) is 17.0. The standard InChI is InChI=1S/C28H25Cl2NO5/c1-17-14-20(9-11-23(17)36-16-18-6-4-3-5-7-18)26(32)24-25(19-8-10-21(29)22(30)15-19)31(12-13-35-2)28(34)27(24)33/h3-11,14-15,25,32H,12-13,16H2,1-2H3/b26-24-. The van der Waals surface area contributed by atoms with Crippen LogP contribution in [0.5, 0.6) is 5.75 Å². The molecule has 0 radical (unpaired) electrons. The Labute approximate surface area is 219 Å². The third-order valence-corrected chi connectivity index (χ3v) is 6.76. The van der Waals surface area contributed by atoms with E-state index in [2.05, 4.69) is 0 Å². The minimum absolute atomic E-state index is 0.0214. The van der Waals surface area contributed by atoms with Gasteiger partial charge in [0.2, 0.25) is 0 Å². The Balaban J connectivity index is 1.71. The van der Waals surface area contributed by atoms with E-state index in [-0.39, 0.29) is 29.5 Å². The van der Waals surface area contributed by atoms with Crippen molar-refractivity contribution in [2.24, 2.45) is 0 Å². The van der Waals surface area contributed by atoms with Crippen LogP contribution in [-0.2, 0) is 20.9 Å². The number of nitrogens with zero attached hydrogens (tertiary/aromatic N) is 1. The van der Waals surface area contributed by atoms with Crippen molar-refractivity contribution in [1.82, 2.24) is 4.90 Å². The van der Waals surface area contributed by atoms with E-state index in [9.17, 15) is 14.7 Å². The fourth-order valence-electron chi connectivity index (χ4n) is 4.18. The summed E-state index contributed by atoms with van der Waals surface area (Å²) in [5.41, 5.74) is 2.73. The summed E-state index contributed by atoms with van der Waals surface area (Å²) in [4.78, 5) is 27.4. The molecule has 8 heteroatoms. The smallest absolute Gasteiger partial charge is 0.295 e. The first kappa shape index (κ1) is 25.8. The second-order valence-corrected chi connectivity index (χ2v) is 9.23. The third-order valence-electron chi connectivity index (χ3n) is 6.02. The van der Waals surface area contributed by atoms with E-state index in [0.29, 0.717) is 28.5 Å². The average Bonchev–Trinajstić information content (AvgIpc) is 3.13. The number of halogens is 2. The molecule has 36 heavy (non-hydrogen) atoms. The van der Waals surface area contributed by atoms with Crippen LogP contribution in [0.25, 0.3) is 5.76 Å². The Bertz CT molecular complexity index is 1320. The number of Topliss-reactive ketones (excluding diaryl/α,β-unsaturated/α-hetero) is 1. The predicted molar refractivity (Wildman–Crippen MR) is 139 cm³/mol. The van der Waals surface area contributed by atoms with Crippen LogP contribution in [0.4, 0.5) is 0 Å². The number of hydrogen-bond acceptors (Lipinski definition) is 5. The maximum atomic E-state index is 13.1. The van der Waals surface area contributed by atoms with Gasteiger partial charge in [-0.1, -0.05) is 59.6 Å². The van der Waals surface area contributed by atoms with Gasteiger partial charge in [0.05, 0.1) is 28.3 Å². The van der Waals surface area contributed by atoms with Crippen molar-refractivity contribution in [3.8, 4) is 5.75 Å². The van der Waals surface area contributed by atoms with Gasteiger partial charge in [-0.25, -0.2) is 0 Å². The second kappa shape index (κ2) is 11.2. The fourth-order valence-corrected chi connectivity index (χ4v) is 4.49. The molecule has 1 aliphatic rings. The van der Waals surface area contributed by atoms with E-state index < -0.39 is 17.7 Å². The van der Waals surface area contributed by atoms with Crippen molar-refractivity contribution in [2.75, 3.05) is 20.3 Å². The van der Waals surface area contributed by atoms with Gasteiger partial charge in [-0.15, -0.1) is 0 Å². The second-order valence-electron chi connectivity index (χ2n) is 8.41. The van der Waals surface area contributed by atoms with Crippen molar-refractivity contribution in [3.63, 3.8) is 0 Å². The van der Waals surface area contributed by atoms with Gasteiger partial charge in [-0.2, -0.15) is 0 Å². The van der Waals surface area contributed by atoms with Crippen LogP contribution >= 0.6 is 23.2 Å². The van der Waals surface area contributed by atoms with Crippen LogP contribution in [0.15, 0.2) is 72.3 Å². The third kappa shape index (κ3) is 5.26. The van der Waals surface area contributed by atoms with Gasteiger partial charge < -0.3 is 19.5 Å². The number of methoxy groups -OCH3 is 1. The number of aliphatic hydroxyl groups is 1. The summed E-state index contributed by atoms with van der Waals surface area (Å²) in [6, 6.07) is 18.9. The highest BCUT2D eigenvalue weighted by Gasteiger charge is 2.46. The number of benzene rings is 3. The van der Waals surface area contributed by atoms with Gasteiger partial charge in [0.15, 0.2) is 0 Å². The zero-order valence-electron chi connectivity index (χ0n) is 19.8. The van der Waals surface area contributed by atoms with Gasteiger partial charge in [0.25, 0.3) is 11.7 Å². The zero-order chi connectivity index (χ0) is 25.8. The average molecular weight is 526 g/mol. The molecule has 3 aromatic carbocycles. The molecule has 1 saturated heterocycles. The Morgan fingerprint density at radius 3 is 2.42 bits per heavy atom. The molecule has 4 rings (SSSR count). The Kier molecular flexibility index (Phi) is 7.99. The molecule has 1 unspecified atom stereocenters. The Morgan fingerprint density at radius 1 is 1.00 bits per heavy atom. The fraction of sp³-hybridized carbons (Fsp3) is 0.214. The first-order chi connectivity index (χ1) is 17.3. The predicted octanol–water partition coefficient (Wildman–Crippen LogP) is 5.95. The number of carbonyl (C=O) groups excluding carboxylic acids is 2. The maximum Gasteiger partial charge on any atom is 0.295 e. The number of likely N-dealkylation sites (tertiary alicyclic amines) is 1. The molecule has 0 spiro atoms. The van der Waals surface area contributed by atoms with Gasteiger partial charge in [0, 0.05) is 19.2 Å². The molecule has 6 nitrogen and oxygen atoms in total. The molecule has 0 aliphatic carbocycles. The Morgan fingerprint density at radius 2 is 1.75 bits per heavy atom. The summed E-state index contributed by atoms with van der Waals surface area (Å²) in [5.74, 6) is -1.12. The zero-order valence-corrected chi connectivity index (χ0v) is 21.3. The molecule has 0 bridgehead atoms. The monoisotopic (exact) mass is 525 g/mol. The van der Waals surface area contributed by atoms with E-state index in [1.165, 1.54) is 12.0 Å². The summed E-state index contributed by atoms with van der Waals surface area (Å²) in [5, 5.41) is 11.9. The number of aryl methyl sites for hydroxylation is 1. The summed E-state index contributed by atoms with van der Waals surface area (Å²) in [6.07, 6.45) is 0. The summed E-state index contributed by atoms with van der Waals surface area (Å²) in [7, 11) is 1.51. The van der Waals surface area contributed by atoms with Gasteiger partial charge in [-0.3, -0.25) is 9.59 Å². The highest BCUT2D eigenvalue weighted by atomic mass is 35.5. The number of carbonyl (C=O) groups is 2. The van der Waals surface area contributed by atoms with Crippen LogP contribution in [0.3, 0.4) is 0 Å². The van der Waals surface area contributed by atoms with Gasteiger partial charge in [0.1, 0.15) is 18.1 Å². The lowest BCUT2D eigenvalue weighted by atomic mass is 9.95. The van der Waals surface area contributed by atoms with E-state index in [1.54, 1.807) is 36.4 Å². The molecular formula is C28H25Cl2NO5.